The van der Waals surface area contributed by atoms with Gasteiger partial charge in [0.25, 0.3) is 0 Å². The fourth-order valence-electron chi connectivity index (χ4n) is 0.759. The minimum Gasteiger partial charge on any atom is -0.438 e. The molecule has 0 heterocycles. The molecule has 0 aromatic carbocycles. The Labute approximate surface area is 70.9 Å². The molecular weight excluding hydrogens is 156 g/mol. The summed E-state index contributed by atoms with van der Waals surface area (Å²) in [7, 11) is 2.51. The molecule has 2 aliphatic rings. The first-order chi connectivity index (χ1) is 5.77. The number of fused-ring (bicyclic) bond motifs is 1. The summed E-state index contributed by atoms with van der Waals surface area (Å²) in [6, 6.07) is 8.48. The fourth-order valence-corrected chi connectivity index (χ4v) is 0.759. The Bertz CT molecular complexity index is 258. The Morgan fingerprint density at radius 1 is 1.17 bits per heavy atom. The van der Waals surface area contributed by atoms with Gasteiger partial charge in [0.1, 0.15) is 0 Å². The third-order valence-corrected chi connectivity index (χ3v) is 1.45. The highest BCUT2D eigenvalue weighted by molar-refractivity contribution is 5.80. The van der Waals surface area contributed by atoms with E-state index in [-0.39, 0.29) is 0 Å². The highest BCUT2D eigenvalue weighted by Gasteiger charge is 2.06. The molecule has 0 bridgehead atoms. The minimum atomic E-state index is -0.657. The first-order valence-electron chi connectivity index (χ1n) is 3.50. The number of methoxy groups -OCH3 is 2. The van der Waals surface area contributed by atoms with Gasteiger partial charge in [-0.15, -0.1) is 0 Å². The molecule has 2 rings (SSSR count). The van der Waals surface area contributed by atoms with Crippen molar-refractivity contribution < 1.29 is 14.3 Å². The highest BCUT2D eigenvalue weighted by Crippen LogP contribution is 2.32. The average molecular weight is 166 g/mol. The van der Waals surface area contributed by atoms with Crippen LogP contribution in [0.2, 0.25) is 0 Å². The van der Waals surface area contributed by atoms with Gasteiger partial charge in [-0.05, 0) is 17.2 Å². The molecule has 3 heteroatoms. The normalized spacial score (nSPS) is 9.17. The Morgan fingerprint density at radius 2 is 1.67 bits per heavy atom. The zero-order valence-corrected chi connectivity index (χ0v) is 7.03. The van der Waals surface area contributed by atoms with Gasteiger partial charge in [0.2, 0.25) is 0 Å². The summed E-state index contributed by atoms with van der Waals surface area (Å²) in [5.41, 5.74) is 2.85. The maximum absolute atomic E-state index is 9.74. The molecule has 0 atom stereocenters. The summed E-state index contributed by atoms with van der Waals surface area (Å²) in [5, 5.41) is 0. The molecule has 0 aliphatic heterocycles. The van der Waals surface area contributed by atoms with E-state index in [1.165, 1.54) is 25.3 Å². The van der Waals surface area contributed by atoms with Crippen LogP contribution in [0.25, 0.3) is 11.1 Å². The standard InChI is InChI=1S/C6H4.C3H6O3/c1-2-5-4-6(5)3-1;1-5-3(4)6-2/h1-4H;1-2H3. The van der Waals surface area contributed by atoms with E-state index in [9.17, 15) is 4.79 Å². The van der Waals surface area contributed by atoms with Gasteiger partial charge in [0, 0.05) is 0 Å². The maximum Gasteiger partial charge on any atom is 0.507 e. The van der Waals surface area contributed by atoms with Crippen molar-refractivity contribution in [2.75, 3.05) is 14.2 Å². The molecule has 0 saturated heterocycles. The van der Waals surface area contributed by atoms with Crippen LogP contribution >= 0.6 is 0 Å². The Hall–Kier alpha value is -1.51. The van der Waals surface area contributed by atoms with Gasteiger partial charge in [-0.3, -0.25) is 0 Å². The van der Waals surface area contributed by atoms with Crippen molar-refractivity contribution in [2.45, 2.75) is 0 Å². The van der Waals surface area contributed by atoms with Crippen molar-refractivity contribution in [3.8, 4) is 11.1 Å². The van der Waals surface area contributed by atoms with Crippen molar-refractivity contribution in [1.29, 1.82) is 0 Å². The topological polar surface area (TPSA) is 35.5 Å². The summed E-state index contributed by atoms with van der Waals surface area (Å²) < 4.78 is 8.08. The first-order valence-corrected chi connectivity index (χ1v) is 3.50. The SMILES string of the molecule is COC(=O)OC.c1cc2cc-2c1. The third-order valence-electron chi connectivity index (χ3n) is 1.45. The van der Waals surface area contributed by atoms with E-state index in [0.29, 0.717) is 0 Å². The van der Waals surface area contributed by atoms with Crippen molar-refractivity contribution in [3.63, 3.8) is 0 Å². The lowest BCUT2D eigenvalue weighted by Crippen LogP contribution is -1.97. The first kappa shape index (κ1) is 8.59. The molecule has 12 heavy (non-hydrogen) atoms. The lowest BCUT2D eigenvalue weighted by atomic mass is 10.6. The summed E-state index contributed by atoms with van der Waals surface area (Å²) in [5.74, 6) is 0. The van der Waals surface area contributed by atoms with E-state index >= 15 is 0 Å². The predicted molar refractivity (Wildman–Crippen MR) is 44.9 cm³/mol. The Kier molecular flexibility index (Phi) is 2.69. The van der Waals surface area contributed by atoms with E-state index in [0.717, 1.165) is 0 Å². The summed E-state index contributed by atoms with van der Waals surface area (Å²) in [4.78, 5) is 9.74. The van der Waals surface area contributed by atoms with Crippen LogP contribution in [-0.4, -0.2) is 20.4 Å². The second kappa shape index (κ2) is 3.76. The number of rotatable bonds is 0. The molecule has 0 aromatic heterocycles. The summed E-state index contributed by atoms with van der Waals surface area (Å²) >= 11 is 0. The van der Waals surface area contributed by atoms with E-state index in [1.54, 1.807) is 0 Å². The zero-order valence-electron chi connectivity index (χ0n) is 7.03. The van der Waals surface area contributed by atoms with Gasteiger partial charge in [-0.1, -0.05) is 18.2 Å². The molecule has 64 valence electrons. The van der Waals surface area contributed by atoms with Crippen molar-refractivity contribution in [2.24, 2.45) is 0 Å². The zero-order chi connectivity index (χ0) is 8.97. The van der Waals surface area contributed by atoms with Crippen LogP contribution in [0.1, 0.15) is 0 Å². The van der Waals surface area contributed by atoms with Gasteiger partial charge in [-0.2, -0.15) is 0 Å². The average Bonchev–Trinajstić information content (AvgIpc) is 2.74. The van der Waals surface area contributed by atoms with Gasteiger partial charge in [0.15, 0.2) is 0 Å². The third kappa shape index (κ3) is 2.27. The quantitative estimate of drug-likeness (QED) is 0.562. The van der Waals surface area contributed by atoms with Crippen LogP contribution < -0.4 is 0 Å². The second-order valence-corrected chi connectivity index (χ2v) is 2.24. The van der Waals surface area contributed by atoms with Crippen molar-refractivity contribution >= 4 is 6.16 Å². The molecule has 0 spiro atoms. The Morgan fingerprint density at radius 3 is 1.75 bits per heavy atom. The number of benzene rings is 1. The number of hydrogen-bond donors (Lipinski definition) is 0. The molecule has 0 N–H and O–H groups in total. The number of carbonyl (C=O) groups is 1. The predicted octanol–water partition coefficient (Wildman–Crippen LogP) is 2.07. The molecule has 0 saturated carbocycles. The number of ether oxygens (including phenoxy) is 2. The summed E-state index contributed by atoms with van der Waals surface area (Å²) in [6.07, 6.45) is -0.657. The van der Waals surface area contributed by atoms with Gasteiger partial charge in [0.05, 0.1) is 14.2 Å². The van der Waals surface area contributed by atoms with Gasteiger partial charge in [-0.25, -0.2) is 4.79 Å². The van der Waals surface area contributed by atoms with Crippen LogP contribution in [0.5, 0.6) is 0 Å². The minimum absolute atomic E-state index is 0.657. The molecule has 0 amide bonds. The molecule has 3 nitrogen and oxygen atoms in total. The molecular formula is C9H10O3. The lowest BCUT2D eigenvalue weighted by molar-refractivity contribution is 0.0924. The van der Waals surface area contributed by atoms with Gasteiger partial charge >= 0.3 is 6.16 Å². The molecule has 0 unspecified atom stereocenters. The van der Waals surface area contributed by atoms with Crippen LogP contribution in [0.15, 0.2) is 24.3 Å². The second-order valence-electron chi connectivity index (χ2n) is 2.24. The van der Waals surface area contributed by atoms with Crippen LogP contribution in [0.4, 0.5) is 4.79 Å². The van der Waals surface area contributed by atoms with E-state index < -0.39 is 6.16 Å². The van der Waals surface area contributed by atoms with Crippen molar-refractivity contribution in [1.82, 2.24) is 0 Å². The molecule has 0 radical (unpaired) electrons. The van der Waals surface area contributed by atoms with Crippen LogP contribution in [0.3, 0.4) is 0 Å². The van der Waals surface area contributed by atoms with E-state index in [1.807, 2.05) is 0 Å². The molecule has 0 fully saturated rings. The number of hydrogen-bond acceptors (Lipinski definition) is 3. The fraction of sp³-hybridized carbons (Fsp3) is 0.222. The maximum atomic E-state index is 9.74. The smallest absolute Gasteiger partial charge is 0.438 e. The van der Waals surface area contributed by atoms with E-state index in [4.69, 9.17) is 0 Å². The lowest BCUT2D eigenvalue weighted by Gasteiger charge is -1.89. The van der Waals surface area contributed by atoms with Crippen LogP contribution in [0, 0.1) is 0 Å². The summed E-state index contributed by atoms with van der Waals surface area (Å²) in [6.45, 7) is 0. The monoisotopic (exact) mass is 166 g/mol. The van der Waals surface area contributed by atoms with Crippen LogP contribution in [-0.2, 0) is 9.47 Å². The van der Waals surface area contributed by atoms with E-state index in [2.05, 4.69) is 33.7 Å². The highest BCUT2D eigenvalue weighted by atomic mass is 16.7. The molecule has 2 aliphatic carbocycles. The van der Waals surface area contributed by atoms with Crippen molar-refractivity contribution in [3.05, 3.63) is 24.3 Å². The number of carbonyl (C=O) groups excluding carboxylic acids is 1. The molecule has 0 aromatic rings. The largest absolute Gasteiger partial charge is 0.507 e. The van der Waals surface area contributed by atoms with Gasteiger partial charge < -0.3 is 9.47 Å². The Balaban J connectivity index is 0.000000120.